The molecule has 4 rings (SSSR count). The summed E-state index contributed by atoms with van der Waals surface area (Å²) in [4.78, 5) is 32.2. The molecular weight excluding hydrogens is 407 g/mol. The summed E-state index contributed by atoms with van der Waals surface area (Å²) in [6.45, 7) is 0. The highest BCUT2D eigenvalue weighted by atomic mass is 19.4. The van der Waals surface area contributed by atoms with Crippen molar-refractivity contribution >= 4 is 22.6 Å². The first kappa shape index (κ1) is 20.3. The van der Waals surface area contributed by atoms with E-state index in [1.54, 1.807) is 42.6 Å². The standard InChI is InChI=1S/C23H16F3N3O2/c24-23(25,26)16-7-3-5-14(11-16)18-13-19(30)17-8-4-6-15(22(17)28-18)12-21(31)29-20-9-1-2-10-27-20/h1-11,13H,12H2,(H,28,30)(H,27,29,31). The number of anilines is 1. The predicted octanol–water partition coefficient (Wildman–Crippen LogP) is 4.79. The molecule has 0 atom stereocenters. The molecule has 2 aromatic heterocycles. The molecule has 0 aliphatic carbocycles. The molecule has 1 amide bonds. The number of H-pyrrole nitrogens is 1. The van der Waals surface area contributed by atoms with E-state index in [1.165, 1.54) is 18.2 Å². The van der Waals surface area contributed by atoms with Crippen LogP contribution in [0.3, 0.4) is 0 Å². The minimum Gasteiger partial charge on any atom is -0.354 e. The highest BCUT2D eigenvalue weighted by Gasteiger charge is 2.30. The van der Waals surface area contributed by atoms with Gasteiger partial charge < -0.3 is 10.3 Å². The number of halogens is 3. The quantitative estimate of drug-likeness (QED) is 0.496. The van der Waals surface area contributed by atoms with E-state index in [9.17, 15) is 22.8 Å². The monoisotopic (exact) mass is 423 g/mol. The molecule has 0 fully saturated rings. The number of amides is 1. The molecule has 31 heavy (non-hydrogen) atoms. The lowest BCUT2D eigenvalue weighted by atomic mass is 10.0. The number of nitrogens with zero attached hydrogens (tertiary/aromatic N) is 1. The van der Waals surface area contributed by atoms with E-state index in [-0.39, 0.29) is 29.0 Å². The summed E-state index contributed by atoms with van der Waals surface area (Å²) in [6, 6.07) is 16.0. The number of rotatable bonds is 4. The molecule has 0 bridgehead atoms. The fourth-order valence-electron chi connectivity index (χ4n) is 3.30. The number of nitrogens with one attached hydrogen (secondary N) is 2. The average Bonchev–Trinajstić information content (AvgIpc) is 2.74. The zero-order valence-electron chi connectivity index (χ0n) is 16.0. The van der Waals surface area contributed by atoms with E-state index in [4.69, 9.17) is 0 Å². The maximum Gasteiger partial charge on any atom is 0.416 e. The van der Waals surface area contributed by atoms with Crippen molar-refractivity contribution < 1.29 is 18.0 Å². The zero-order chi connectivity index (χ0) is 22.0. The van der Waals surface area contributed by atoms with Gasteiger partial charge in [0.2, 0.25) is 5.91 Å². The Bertz CT molecular complexity index is 1320. The molecule has 156 valence electrons. The fraction of sp³-hybridized carbons (Fsp3) is 0.0870. The van der Waals surface area contributed by atoms with Crippen LogP contribution >= 0.6 is 0 Å². The molecule has 0 aliphatic rings. The fourth-order valence-corrected chi connectivity index (χ4v) is 3.30. The molecule has 0 aliphatic heterocycles. The highest BCUT2D eigenvalue weighted by Crippen LogP contribution is 2.32. The number of aromatic nitrogens is 2. The number of para-hydroxylation sites is 1. The Hall–Kier alpha value is -3.94. The van der Waals surface area contributed by atoms with Crippen LogP contribution in [0.25, 0.3) is 22.2 Å². The molecular formula is C23H16F3N3O2. The van der Waals surface area contributed by atoms with Gasteiger partial charge in [0.1, 0.15) is 5.82 Å². The highest BCUT2D eigenvalue weighted by molar-refractivity contribution is 5.95. The van der Waals surface area contributed by atoms with Gasteiger partial charge in [-0.15, -0.1) is 0 Å². The first-order chi connectivity index (χ1) is 14.8. The van der Waals surface area contributed by atoms with Crippen molar-refractivity contribution in [1.29, 1.82) is 0 Å². The van der Waals surface area contributed by atoms with Crippen molar-refractivity contribution in [3.63, 3.8) is 0 Å². The van der Waals surface area contributed by atoms with Gasteiger partial charge >= 0.3 is 6.18 Å². The third kappa shape index (κ3) is 4.48. The van der Waals surface area contributed by atoms with Crippen LogP contribution in [0, 0.1) is 0 Å². The third-order valence-electron chi connectivity index (χ3n) is 4.74. The summed E-state index contributed by atoms with van der Waals surface area (Å²) in [5.41, 5.74) is 0.236. The number of fused-ring (bicyclic) bond motifs is 1. The number of pyridine rings is 2. The molecule has 0 radical (unpaired) electrons. The number of hydrogen-bond acceptors (Lipinski definition) is 3. The number of hydrogen-bond donors (Lipinski definition) is 2. The number of alkyl halides is 3. The van der Waals surface area contributed by atoms with Gasteiger partial charge in [0.15, 0.2) is 5.43 Å². The lowest BCUT2D eigenvalue weighted by Crippen LogP contribution is -2.16. The number of carbonyl (C=O) groups is 1. The Balaban J connectivity index is 1.73. The van der Waals surface area contributed by atoms with Crippen LogP contribution in [0.15, 0.2) is 77.7 Å². The van der Waals surface area contributed by atoms with E-state index < -0.39 is 11.7 Å². The van der Waals surface area contributed by atoms with E-state index in [0.717, 1.165) is 12.1 Å². The van der Waals surface area contributed by atoms with Crippen molar-refractivity contribution in [1.82, 2.24) is 9.97 Å². The number of aromatic amines is 1. The van der Waals surface area contributed by atoms with Crippen molar-refractivity contribution in [2.75, 3.05) is 5.32 Å². The van der Waals surface area contributed by atoms with E-state index in [1.807, 2.05) is 0 Å². The first-order valence-corrected chi connectivity index (χ1v) is 9.35. The smallest absolute Gasteiger partial charge is 0.354 e. The molecule has 2 aromatic carbocycles. The van der Waals surface area contributed by atoms with Crippen LogP contribution in [0.4, 0.5) is 19.0 Å². The van der Waals surface area contributed by atoms with Gasteiger partial charge in [-0.3, -0.25) is 9.59 Å². The Morgan fingerprint density at radius 2 is 1.81 bits per heavy atom. The van der Waals surface area contributed by atoms with Gasteiger partial charge in [0.05, 0.1) is 17.5 Å². The largest absolute Gasteiger partial charge is 0.416 e. The lowest BCUT2D eigenvalue weighted by molar-refractivity contribution is -0.137. The molecule has 4 aromatic rings. The van der Waals surface area contributed by atoms with Crippen molar-refractivity contribution in [3.8, 4) is 11.3 Å². The molecule has 0 spiro atoms. The van der Waals surface area contributed by atoms with Crippen LogP contribution in [0.2, 0.25) is 0 Å². The molecule has 5 nitrogen and oxygen atoms in total. The molecule has 2 heterocycles. The van der Waals surface area contributed by atoms with Gasteiger partial charge in [0, 0.05) is 23.3 Å². The summed E-state index contributed by atoms with van der Waals surface area (Å²) in [6.07, 6.45) is -3.00. The lowest BCUT2D eigenvalue weighted by Gasteiger charge is -2.11. The molecule has 8 heteroatoms. The van der Waals surface area contributed by atoms with E-state index >= 15 is 0 Å². The Kier molecular flexibility index (Phi) is 5.29. The van der Waals surface area contributed by atoms with Crippen LogP contribution in [0.5, 0.6) is 0 Å². The minimum absolute atomic E-state index is 0.0457. The van der Waals surface area contributed by atoms with Gasteiger partial charge in [-0.25, -0.2) is 4.98 Å². The van der Waals surface area contributed by atoms with Crippen LogP contribution in [-0.2, 0) is 17.4 Å². The van der Waals surface area contributed by atoms with Gasteiger partial charge in [-0.1, -0.05) is 30.3 Å². The summed E-state index contributed by atoms with van der Waals surface area (Å²) < 4.78 is 39.2. The van der Waals surface area contributed by atoms with Crippen molar-refractivity contribution in [2.24, 2.45) is 0 Å². The Labute approximate surface area is 174 Å². The van der Waals surface area contributed by atoms with Crippen LogP contribution in [-0.4, -0.2) is 15.9 Å². The number of carbonyl (C=O) groups excluding carboxylic acids is 1. The number of benzene rings is 2. The first-order valence-electron chi connectivity index (χ1n) is 9.35. The maximum absolute atomic E-state index is 13.1. The van der Waals surface area contributed by atoms with Crippen LogP contribution < -0.4 is 10.7 Å². The molecule has 2 N–H and O–H groups in total. The second-order valence-corrected chi connectivity index (χ2v) is 6.91. The normalized spacial score (nSPS) is 11.5. The minimum atomic E-state index is -4.50. The summed E-state index contributed by atoms with van der Waals surface area (Å²) in [7, 11) is 0. The maximum atomic E-state index is 13.1. The third-order valence-corrected chi connectivity index (χ3v) is 4.74. The summed E-state index contributed by atoms with van der Waals surface area (Å²) >= 11 is 0. The van der Waals surface area contributed by atoms with Gasteiger partial charge in [0.25, 0.3) is 0 Å². The molecule has 0 saturated heterocycles. The van der Waals surface area contributed by atoms with E-state index in [2.05, 4.69) is 15.3 Å². The molecule has 0 unspecified atom stereocenters. The second-order valence-electron chi connectivity index (χ2n) is 6.91. The summed E-state index contributed by atoms with van der Waals surface area (Å²) in [5.74, 6) is 0.0578. The van der Waals surface area contributed by atoms with Gasteiger partial charge in [-0.05, 0) is 41.5 Å². The SMILES string of the molecule is O=C(Cc1cccc2c(=O)cc(-c3cccc(C(F)(F)F)c3)[nH]c12)Nc1ccccn1. The van der Waals surface area contributed by atoms with E-state index in [0.29, 0.717) is 22.3 Å². The molecule has 0 saturated carbocycles. The Morgan fingerprint density at radius 3 is 2.55 bits per heavy atom. The second kappa shape index (κ2) is 8.06. The van der Waals surface area contributed by atoms with Crippen molar-refractivity contribution in [3.05, 3.63) is 94.3 Å². The predicted molar refractivity (Wildman–Crippen MR) is 112 cm³/mol. The van der Waals surface area contributed by atoms with Gasteiger partial charge in [-0.2, -0.15) is 13.2 Å². The Morgan fingerprint density at radius 1 is 1.00 bits per heavy atom. The van der Waals surface area contributed by atoms with Crippen LogP contribution in [0.1, 0.15) is 11.1 Å². The summed E-state index contributed by atoms with van der Waals surface area (Å²) in [5, 5.41) is 3.02. The zero-order valence-corrected chi connectivity index (χ0v) is 16.0. The average molecular weight is 423 g/mol. The topological polar surface area (TPSA) is 74.8 Å². The van der Waals surface area contributed by atoms with Crippen molar-refractivity contribution in [2.45, 2.75) is 12.6 Å².